The molecule has 4 nitrogen and oxygen atoms in total. The largest absolute Gasteiger partial charge is 0.368 e. The number of anilines is 1. The zero-order valence-corrected chi connectivity index (χ0v) is 12.1. The average molecular weight is 294 g/mol. The fourth-order valence-corrected chi connectivity index (χ4v) is 3.60. The van der Waals surface area contributed by atoms with Crippen molar-refractivity contribution < 1.29 is 9.53 Å². The van der Waals surface area contributed by atoms with Crippen LogP contribution in [0, 0.1) is 6.92 Å². The van der Waals surface area contributed by atoms with Crippen molar-refractivity contribution >= 4 is 33.7 Å². The third kappa shape index (κ3) is 2.86. The van der Waals surface area contributed by atoms with Gasteiger partial charge in [-0.25, -0.2) is 4.98 Å². The van der Waals surface area contributed by atoms with Gasteiger partial charge in [0.05, 0.1) is 10.6 Å². The van der Waals surface area contributed by atoms with Crippen LogP contribution in [-0.2, 0) is 9.53 Å². The predicted octanol–water partition coefficient (Wildman–Crippen LogP) is 3.30. The smallest absolute Gasteiger partial charge is 0.255 e. The number of amides is 1. The molecule has 1 amide bonds. The second-order valence-corrected chi connectivity index (χ2v) is 6.59. The molecule has 3 heterocycles. The van der Waals surface area contributed by atoms with E-state index in [0.717, 1.165) is 23.4 Å². The SMILES string of the molecule is Cc1ccc(-c2csc(NC(=O)[C@H]3CCCO3)n2)s1. The van der Waals surface area contributed by atoms with E-state index in [0.29, 0.717) is 11.7 Å². The number of carbonyl (C=O) groups excluding carboxylic acids is 1. The van der Waals surface area contributed by atoms with Gasteiger partial charge in [-0.3, -0.25) is 10.1 Å². The monoisotopic (exact) mass is 294 g/mol. The highest BCUT2D eigenvalue weighted by Gasteiger charge is 2.24. The van der Waals surface area contributed by atoms with Crippen molar-refractivity contribution in [2.24, 2.45) is 0 Å². The molecule has 0 aliphatic carbocycles. The highest BCUT2D eigenvalue weighted by Crippen LogP contribution is 2.30. The van der Waals surface area contributed by atoms with Gasteiger partial charge in [0, 0.05) is 16.9 Å². The minimum Gasteiger partial charge on any atom is -0.368 e. The Morgan fingerprint density at radius 1 is 1.53 bits per heavy atom. The Hall–Kier alpha value is -1.24. The van der Waals surface area contributed by atoms with Gasteiger partial charge in [-0.15, -0.1) is 22.7 Å². The van der Waals surface area contributed by atoms with Crippen molar-refractivity contribution in [2.45, 2.75) is 25.9 Å². The van der Waals surface area contributed by atoms with Gasteiger partial charge in [-0.1, -0.05) is 0 Å². The molecule has 1 N–H and O–H groups in total. The zero-order valence-electron chi connectivity index (χ0n) is 10.5. The van der Waals surface area contributed by atoms with Crippen LogP contribution in [0.15, 0.2) is 17.5 Å². The molecule has 0 spiro atoms. The number of thiazole rings is 1. The Bertz CT molecular complexity index is 585. The fraction of sp³-hybridized carbons (Fsp3) is 0.385. The summed E-state index contributed by atoms with van der Waals surface area (Å²) in [7, 11) is 0. The van der Waals surface area contributed by atoms with E-state index >= 15 is 0 Å². The summed E-state index contributed by atoms with van der Waals surface area (Å²) in [6.07, 6.45) is 1.44. The molecule has 2 aromatic rings. The standard InChI is InChI=1S/C13H14N2O2S2/c1-8-4-5-11(19-8)9-7-18-13(14-9)15-12(16)10-3-2-6-17-10/h4-5,7,10H,2-3,6H2,1H3,(H,14,15,16)/t10-/m1/s1. The molecule has 0 radical (unpaired) electrons. The molecule has 3 rings (SSSR count). The summed E-state index contributed by atoms with van der Waals surface area (Å²) in [5.74, 6) is -0.0826. The van der Waals surface area contributed by atoms with Crippen LogP contribution in [0.25, 0.3) is 10.6 Å². The average Bonchev–Trinajstić information content (AvgIpc) is 3.07. The van der Waals surface area contributed by atoms with Crippen LogP contribution in [-0.4, -0.2) is 23.6 Å². The van der Waals surface area contributed by atoms with E-state index in [1.165, 1.54) is 16.2 Å². The van der Waals surface area contributed by atoms with E-state index < -0.39 is 0 Å². The molecule has 0 unspecified atom stereocenters. The Morgan fingerprint density at radius 3 is 3.11 bits per heavy atom. The van der Waals surface area contributed by atoms with E-state index in [4.69, 9.17) is 4.74 Å². The van der Waals surface area contributed by atoms with Crippen LogP contribution < -0.4 is 5.32 Å². The molecule has 0 saturated carbocycles. The van der Waals surface area contributed by atoms with Gasteiger partial charge in [0.15, 0.2) is 5.13 Å². The summed E-state index contributed by atoms with van der Waals surface area (Å²) < 4.78 is 5.35. The molecule has 0 bridgehead atoms. The first-order chi connectivity index (χ1) is 9.22. The maximum Gasteiger partial charge on any atom is 0.255 e. The van der Waals surface area contributed by atoms with Crippen molar-refractivity contribution in [2.75, 3.05) is 11.9 Å². The van der Waals surface area contributed by atoms with Gasteiger partial charge in [0.2, 0.25) is 0 Å². The number of aryl methyl sites for hydroxylation is 1. The first kappa shape index (κ1) is 12.8. The fourth-order valence-electron chi connectivity index (χ4n) is 1.99. The molecule has 19 heavy (non-hydrogen) atoms. The van der Waals surface area contributed by atoms with Crippen molar-refractivity contribution in [1.82, 2.24) is 4.98 Å². The van der Waals surface area contributed by atoms with Gasteiger partial charge >= 0.3 is 0 Å². The van der Waals surface area contributed by atoms with Crippen LogP contribution >= 0.6 is 22.7 Å². The highest BCUT2D eigenvalue weighted by atomic mass is 32.1. The lowest BCUT2D eigenvalue weighted by Crippen LogP contribution is -2.26. The van der Waals surface area contributed by atoms with Gasteiger partial charge in [-0.05, 0) is 31.9 Å². The normalized spacial score (nSPS) is 18.7. The Morgan fingerprint density at radius 2 is 2.42 bits per heavy atom. The lowest BCUT2D eigenvalue weighted by molar-refractivity contribution is -0.124. The highest BCUT2D eigenvalue weighted by molar-refractivity contribution is 7.17. The van der Waals surface area contributed by atoms with Crippen molar-refractivity contribution in [3.8, 4) is 10.6 Å². The lowest BCUT2D eigenvalue weighted by atomic mass is 10.2. The first-order valence-electron chi connectivity index (χ1n) is 6.17. The number of ether oxygens (including phenoxy) is 1. The quantitative estimate of drug-likeness (QED) is 0.945. The van der Waals surface area contributed by atoms with Gasteiger partial charge < -0.3 is 4.74 Å². The number of carbonyl (C=O) groups is 1. The first-order valence-corrected chi connectivity index (χ1v) is 7.87. The second-order valence-electron chi connectivity index (χ2n) is 4.44. The summed E-state index contributed by atoms with van der Waals surface area (Å²) in [5, 5.41) is 5.44. The summed E-state index contributed by atoms with van der Waals surface area (Å²) in [5.41, 5.74) is 0.922. The molecule has 6 heteroatoms. The van der Waals surface area contributed by atoms with Gasteiger partial charge in [-0.2, -0.15) is 0 Å². The van der Waals surface area contributed by atoms with Crippen LogP contribution in [0.3, 0.4) is 0 Å². The zero-order chi connectivity index (χ0) is 13.2. The molecular weight excluding hydrogens is 280 g/mol. The number of hydrogen-bond acceptors (Lipinski definition) is 5. The summed E-state index contributed by atoms with van der Waals surface area (Å²) in [6.45, 7) is 2.75. The minimum absolute atomic E-state index is 0.0826. The van der Waals surface area contributed by atoms with E-state index in [1.807, 2.05) is 5.38 Å². The second kappa shape index (κ2) is 5.40. The molecular formula is C13H14N2O2S2. The molecule has 1 atom stereocenters. The molecule has 1 aliphatic heterocycles. The van der Waals surface area contributed by atoms with Crippen LogP contribution in [0.5, 0.6) is 0 Å². The van der Waals surface area contributed by atoms with Crippen molar-refractivity contribution in [1.29, 1.82) is 0 Å². The molecule has 0 aromatic carbocycles. The lowest BCUT2D eigenvalue weighted by Gasteiger charge is -2.07. The summed E-state index contributed by atoms with van der Waals surface area (Å²) in [4.78, 5) is 18.7. The third-order valence-electron chi connectivity index (χ3n) is 2.95. The number of aromatic nitrogens is 1. The van der Waals surface area contributed by atoms with E-state index in [1.54, 1.807) is 11.3 Å². The maximum atomic E-state index is 11.9. The third-order valence-corrected chi connectivity index (χ3v) is 4.73. The molecule has 2 aromatic heterocycles. The van der Waals surface area contributed by atoms with Crippen LogP contribution in [0.4, 0.5) is 5.13 Å². The minimum atomic E-state index is -0.309. The van der Waals surface area contributed by atoms with E-state index in [9.17, 15) is 4.79 Å². The Labute approximate surface area is 119 Å². The van der Waals surface area contributed by atoms with Crippen molar-refractivity contribution in [3.63, 3.8) is 0 Å². The topological polar surface area (TPSA) is 51.2 Å². The van der Waals surface area contributed by atoms with E-state index in [-0.39, 0.29) is 12.0 Å². The van der Waals surface area contributed by atoms with Gasteiger partial charge in [0.25, 0.3) is 5.91 Å². The van der Waals surface area contributed by atoms with Crippen LogP contribution in [0.1, 0.15) is 17.7 Å². The van der Waals surface area contributed by atoms with E-state index in [2.05, 4.69) is 29.4 Å². The summed E-state index contributed by atoms with van der Waals surface area (Å²) in [6, 6.07) is 4.13. The number of nitrogens with zero attached hydrogens (tertiary/aromatic N) is 1. The maximum absolute atomic E-state index is 11.9. The number of nitrogens with one attached hydrogen (secondary N) is 1. The number of rotatable bonds is 3. The molecule has 100 valence electrons. The van der Waals surface area contributed by atoms with Crippen LogP contribution in [0.2, 0.25) is 0 Å². The van der Waals surface area contributed by atoms with Gasteiger partial charge in [0.1, 0.15) is 6.10 Å². The Kier molecular flexibility index (Phi) is 3.63. The summed E-state index contributed by atoms with van der Waals surface area (Å²) >= 11 is 3.15. The Balaban J connectivity index is 1.69. The molecule has 1 saturated heterocycles. The predicted molar refractivity (Wildman–Crippen MR) is 77.8 cm³/mol. The van der Waals surface area contributed by atoms with Crippen molar-refractivity contribution in [3.05, 3.63) is 22.4 Å². The molecule has 1 aliphatic rings. The number of thiophene rings is 1. The number of hydrogen-bond donors (Lipinski definition) is 1. The molecule has 1 fully saturated rings.